The topological polar surface area (TPSA) is 99.5 Å². The number of nitrogens with two attached hydrogens (primary N) is 1. The Morgan fingerprint density at radius 1 is 1.47 bits per heavy atom. The van der Waals surface area contributed by atoms with E-state index in [4.69, 9.17) is 15.7 Å². The standard InChI is InChI=1S/C12H16N2O3/c1-17-11-6-8(2-3-9(11)7-14)12(16)10(15)4-5-13/h2-3,6,10,12,15-16H,4-5,13H2,1H3. The van der Waals surface area contributed by atoms with Crippen LogP contribution in [0, 0.1) is 11.3 Å². The molecule has 17 heavy (non-hydrogen) atoms. The largest absolute Gasteiger partial charge is 0.495 e. The summed E-state index contributed by atoms with van der Waals surface area (Å²) >= 11 is 0. The first-order valence-electron chi connectivity index (χ1n) is 5.28. The molecular weight excluding hydrogens is 220 g/mol. The van der Waals surface area contributed by atoms with Gasteiger partial charge in [-0.3, -0.25) is 0 Å². The molecule has 1 rings (SSSR count). The molecule has 2 atom stereocenters. The highest BCUT2D eigenvalue weighted by molar-refractivity contribution is 5.45. The zero-order valence-electron chi connectivity index (χ0n) is 9.63. The molecule has 0 fully saturated rings. The molecule has 2 unspecified atom stereocenters. The second kappa shape index (κ2) is 6.21. The van der Waals surface area contributed by atoms with Gasteiger partial charge in [-0.2, -0.15) is 5.26 Å². The molecule has 0 amide bonds. The predicted molar refractivity (Wildman–Crippen MR) is 62.3 cm³/mol. The average Bonchev–Trinajstić information content (AvgIpc) is 2.37. The fourth-order valence-electron chi connectivity index (χ4n) is 1.53. The molecule has 0 aromatic heterocycles. The highest BCUT2D eigenvalue weighted by Gasteiger charge is 2.18. The van der Waals surface area contributed by atoms with E-state index in [9.17, 15) is 10.2 Å². The van der Waals surface area contributed by atoms with Crippen LogP contribution in [0.2, 0.25) is 0 Å². The zero-order valence-corrected chi connectivity index (χ0v) is 9.63. The second-order valence-electron chi connectivity index (χ2n) is 3.66. The molecule has 0 saturated heterocycles. The quantitative estimate of drug-likeness (QED) is 0.683. The number of hydrogen-bond donors (Lipinski definition) is 3. The number of aliphatic hydroxyl groups is 2. The first-order chi connectivity index (χ1) is 8.13. The van der Waals surface area contributed by atoms with Gasteiger partial charge in [-0.15, -0.1) is 0 Å². The van der Waals surface area contributed by atoms with Gasteiger partial charge in [0.15, 0.2) is 0 Å². The first kappa shape index (κ1) is 13.5. The molecule has 1 aromatic carbocycles. The van der Waals surface area contributed by atoms with Gasteiger partial charge >= 0.3 is 0 Å². The molecule has 5 nitrogen and oxygen atoms in total. The maximum Gasteiger partial charge on any atom is 0.136 e. The van der Waals surface area contributed by atoms with Crippen LogP contribution in [-0.2, 0) is 0 Å². The van der Waals surface area contributed by atoms with E-state index < -0.39 is 12.2 Å². The van der Waals surface area contributed by atoms with Gasteiger partial charge in [-0.25, -0.2) is 0 Å². The van der Waals surface area contributed by atoms with Crippen molar-refractivity contribution in [2.45, 2.75) is 18.6 Å². The van der Waals surface area contributed by atoms with Crippen LogP contribution in [0.5, 0.6) is 5.75 Å². The lowest BCUT2D eigenvalue weighted by Crippen LogP contribution is -2.21. The van der Waals surface area contributed by atoms with Crippen molar-refractivity contribution in [1.82, 2.24) is 0 Å². The van der Waals surface area contributed by atoms with E-state index in [-0.39, 0.29) is 0 Å². The molecule has 0 aliphatic rings. The summed E-state index contributed by atoms with van der Waals surface area (Å²) in [5.41, 5.74) is 6.20. The van der Waals surface area contributed by atoms with Crippen molar-refractivity contribution in [3.8, 4) is 11.8 Å². The lowest BCUT2D eigenvalue weighted by molar-refractivity contribution is 0.0149. The Balaban J connectivity index is 2.96. The molecule has 0 bridgehead atoms. The summed E-state index contributed by atoms with van der Waals surface area (Å²) in [5, 5.41) is 28.3. The Bertz CT molecular complexity index is 415. The molecule has 0 saturated carbocycles. The second-order valence-corrected chi connectivity index (χ2v) is 3.66. The van der Waals surface area contributed by atoms with Gasteiger partial charge in [0.25, 0.3) is 0 Å². The average molecular weight is 236 g/mol. The zero-order chi connectivity index (χ0) is 12.8. The Morgan fingerprint density at radius 3 is 2.71 bits per heavy atom. The van der Waals surface area contributed by atoms with Crippen molar-refractivity contribution >= 4 is 0 Å². The van der Waals surface area contributed by atoms with Gasteiger partial charge in [0, 0.05) is 0 Å². The van der Waals surface area contributed by atoms with E-state index in [1.54, 1.807) is 18.2 Å². The van der Waals surface area contributed by atoms with Crippen molar-refractivity contribution in [2.24, 2.45) is 5.73 Å². The number of ether oxygens (including phenoxy) is 1. The lowest BCUT2D eigenvalue weighted by Gasteiger charge is -2.18. The molecule has 0 radical (unpaired) electrons. The highest BCUT2D eigenvalue weighted by Crippen LogP contribution is 2.25. The monoisotopic (exact) mass is 236 g/mol. The van der Waals surface area contributed by atoms with Crippen LogP contribution in [0.3, 0.4) is 0 Å². The SMILES string of the molecule is COc1cc(C(O)C(O)CCN)ccc1C#N. The summed E-state index contributed by atoms with van der Waals surface area (Å²) in [6.07, 6.45) is -1.64. The van der Waals surface area contributed by atoms with E-state index in [0.29, 0.717) is 29.8 Å². The third-order valence-corrected chi connectivity index (χ3v) is 2.51. The van der Waals surface area contributed by atoms with Crippen LogP contribution in [-0.4, -0.2) is 30.0 Å². The molecule has 5 heteroatoms. The summed E-state index contributed by atoms with van der Waals surface area (Å²) in [6, 6.07) is 6.66. The van der Waals surface area contributed by atoms with Crippen LogP contribution < -0.4 is 10.5 Å². The van der Waals surface area contributed by atoms with Gasteiger partial charge in [-0.1, -0.05) is 6.07 Å². The van der Waals surface area contributed by atoms with Crippen LogP contribution >= 0.6 is 0 Å². The van der Waals surface area contributed by atoms with Crippen LogP contribution in [0.4, 0.5) is 0 Å². The number of methoxy groups -OCH3 is 1. The number of nitrogens with zero attached hydrogens (tertiary/aromatic N) is 1. The molecule has 0 spiro atoms. The molecule has 92 valence electrons. The number of benzene rings is 1. The summed E-state index contributed by atoms with van der Waals surface area (Å²) in [7, 11) is 1.45. The minimum Gasteiger partial charge on any atom is -0.495 e. The van der Waals surface area contributed by atoms with Crippen LogP contribution in [0.1, 0.15) is 23.7 Å². The van der Waals surface area contributed by atoms with Gasteiger partial charge in [0.05, 0.1) is 18.8 Å². The van der Waals surface area contributed by atoms with Crippen molar-refractivity contribution in [3.05, 3.63) is 29.3 Å². The van der Waals surface area contributed by atoms with Crippen molar-refractivity contribution < 1.29 is 14.9 Å². The summed E-state index contributed by atoms with van der Waals surface area (Å²) in [5.74, 6) is 0.379. The molecule has 0 heterocycles. The number of aliphatic hydroxyl groups excluding tert-OH is 2. The maximum atomic E-state index is 9.86. The number of hydrogen-bond acceptors (Lipinski definition) is 5. The third-order valence-electron chi connectivity index (χ3n) is 2.51. The minimum absolute atomic E-state index is 0.297. The van der Waals surface area contributed by atoms with E-state index >= 15 is 0 Å². The van der Waals surface area contributed by atoms with Crippen LogP contribution in [0.15, 0.2) is 18.2 Å². The Morgan fingerprint density at radius 2 is 2.18 bits per heavy atom. The lowest BCUT2D eigenvalue weighted by atomic mass is 10.0. The fraction of sp³-hybridized carbons (Fsp3) is 0.417. The molecular formula is C12H16N2O3. The Kier molecular flexibility index (Phi) is 4.91. The third kappa shape index (κ3) is 3.17. The van der Waals surface area contributed by atoms with Crippen molar-refractivity contribution in [2.75, 3.05) is 13.7 Å². The van der Waals surface area contributed by atoms with Crippen LogP contribution in [0.25, 0.3) is 0 Å². The number of nitriles is 1. The fourth-order valence-corrected chi connectivity index (χ4v) is 1.53. The van der Waals surface area contributed by atoms with Gasteiger partial charge in [0.2, 0.25) is 0 Å². The Labute approximate surface area is 100 Å². The van der Waals surface area contributed by atoms with Gasteiger partial charge < -0.3 is 20.7 Å². The first-order valence-corrected chi connectivity index (χ1v) is 5.28. The van der Waals surface area contributed by atoms with Crippen molar-refractivity contribution in [3.63, 3.8) is 0 Å². The predicted octanol–water partition coefficient (Wildman–Crippen LogP) is 0.310. The highest BCUT2D eigenvalue weighted by atomic mass is 16.5. The molecule has 0 aliphatic carbocycles. The summed E-state index contributed by atoms with van der Waals surface area (Å²) in [4.78, 5) is 0. The van der Waals surface area contributed by atoms with Crippen molar-refractivity contribution in [1.29, 1.82) is 5.26 Å². The normalized spacial score (nSPS) is 13.8. The summed E-state index contributed by atoms with van der Waals surface area (Å²) in [6.45, 7) is 0.297. The van der Waals surface area contributed by atoms with E-state index in [1.807, 2.05) is 6.07 Å². The Hall–Kier alpha value is -1.61. The van der Waals surface area contributed by atoms with E-state index in [1.165, 1.54) is 7.11 Å². The molecule has 4 N–H and O–H groups in total. The number of rotatable bonds is 5. The summed E-state index contributed by atoms with van der Waals surface area (Å²) < 4.78 is 5.03. The molecule has 0 aliphatic heterocycles. The van der Waals surface area contributed by atoms with E-state index in [2.05, 4.69) is 0 Å². The minimum atomic E-state index is -1.03. The smallest absolute Gasteiger partial charge is 0.136 e. The van der Waals surface area contributed by atoms with Gasteiger partial charge in [-0.05, 0) is 30.7 Å². The molecule has 1 aromatic rings. The maximum absolute atomic E-state index is 9.86. The van der Waals surface area contributed by atoms with E-state index in [0.717, 1.165) is 0 Å². The van der Waals surface area contributed by atoms with Gasteiger partial charge in [0.1, 0.15) is 17.9 Å².